The number of rotatable bonds is 5. The highest BCUT2D eigenvalue weighted by Gasteiger charge is 2.37. The molecule has 5 rings (SSSR count). The van der Waals surface area contributed by atoms with Crippen LogP contribution in [0, 0.1) is 6.57 Å². The van der Waals surface area contributed by atoms with Gasteiger partial charge in [-0.25, -0.2) is 0 Å². The highest BCUT2D eigenvalue weighted by atomic mass is 35.5. The molecule has 8 heteroatoms. The SMILES string of the molecule is [C-]#[N+]c1ccc2c(n1)c(N1C[C@@H](CC)N(C(c3ccc(Cl)cc3)c3ccc(Cl)cc3)C[C@@H]1C)cc(=O)n2C. The van der Waals surface area contributed by atoms with Gasteiger partial charge in [-0.15, -0.1) is 4.98 Å². The van der Waals surface area contributed by atoms with Crippen LogP contribution in [-0.4, -0.2) is 39.6 Å². The van der Waals surface area contributed by atoms with E-state index in [4.69, 9.17) is 29.8 Å². The number of piperazine rings is 1. The van der Waals surface area contributed by atoms with E-state index in [0.717, 1.165) is 30.7 Å². The topological polar surface area (TPSA) is 45.7 Å². The Bertz CT molecular complexity index is 1510. The minimum Gasteiger partial charge on any atom is -0.362 e. The van der Waals surface area contributed by atoms with Crippen molar-refractivity contribution in [3.63, 3.8) is 0 Å². The Hall–Kier alpha value is -3.37. The van der Waals surface area contributed by atoms with Crippen molar-refractivity contribution >= 4 is 45.7 Å². The van der Waals surface area contributed by atoms with Crippen LogP contribution in [0.25, 0.3) is 15.9 Å². The van der Waals surface area contributed by atoms with Gasteiger partial charge in [-0.05, 0) is 60.9 Å². The van der Waals surface area contributed by atoms with Crippen LogP contribution in [0.4, 0.5) is 11.5 Å². The molecule has 0 spiro atoms. The molecule has 1 saturated heterocycles. The van der Waals surface area contributed by atoms with E-state index in [1.54, 1.807) is 23.7 Å². The fourth-order valence-electron chi connectivity index (χ4n) is 5.53. The van der Waals surface area contributed by atoms with Crippen molar-refractivity contribution < 1.29 is 0 Å². The van der Waals surface area contributed by atoms with Crippen molar-refractivity contribution in [2.24, 2.45) is 7.05 Å². The number of benzene rings is 2. The molecule has 1 aliphatic rings. The summed E-state index contributed by atoms with van der Waals surface area (Å²) in [6.45, 7) is 13.3. The van der Waals surface area contributed by atoms with Crippen molar-refractivity contribution in [1.82, 2.24) is 14.5 Å². The maximum Gasteiger partial charge on any atom is 0.270 e. The number of pyridine rings is 2. The third kappa shape index (κ3) is 4.90. The molecule has 2 aromatic carbocycles. The molecule has 38 heavy (non-hydrogen) atoms. The second kappa shape index (κ2) is 10.8. The predicted octanol–water partition coefficient (Wildman–Crippen LogP) is 6.87. The lowest BCUT2D eigenvalue weighted by Crippen LogP contribution is -2.58. The summed E-state index contributed by atoms with van der Waals surface area (Å²) < 4.78 is 1.59. The summed E-state index contributed by atoms with van der Waals surface area (Å²) in [5, 5.41) is 1.41. The van der Waals surface area contributed by atoms with Gasteiger partial charge in [-0.1, -0.05) is 61.0 Å². The molecule has 1 fully saturated rings. The standard InChI is InChI=1S/C30H29Cl2N5O/c1-5-24-18-36(26-16-28(38)35(4)25-14-15-27(33-3)34-29(25)26)19(2)17-37(24)30(20-6-10-22(31)11-7-20)21-8-12-23(32)13-9-21/h6-16,19,24,30H,5,17-18H2,1-2,4H3/t19-,24+/m0/s1. The first-order valence-electron chi connectivity index (χ1n) is 12.7. The second-order valence-corrected chi connectivity index (χ2v) is 10.7. The Kier molecular flexibility index (Phi) is 7.45. The van der Waals surface area contributed by atoms with Gasteiger partial charge in [-0.2, -0.15) is 0 Å². The zero-order valence-corrected chi connectivity index (χ0v) is 23.1. The van der Waals surface area contributed by atoms with Crippen molar-refractivity contribution in [3.8, 4) is 0 Å². The molecular formula is C30H29Cl2N5O. The summed E-state index contributed by atoms with van der Waals surface area (Å²) in [6.07, 6.45) is 0.921. The summed E-state index contributed by atoms with van der Waals surface area (Å²) in [6, 6.07) is 21.6. The van der Waals surface area contributed by atoms with Crippen LogP contribution in [0.15, 0.2) is 71.5 Å². The number of halogens is 2. The third-order valence-corrected chi connectivity index (χ3v) is 8.04. The second-order valence-electron chi connectivity index (χ2n) is 9.84. The lowest BCUT2D eigenvalue weighted by Gasteiger charge is -2.49. The molecule has 0 amide bonds. The van der Waals surface area contributed by atoms with Crippen molar-refractivity contribution in [1.29, 1.82) is 0 Å². The first-order chi connectivity index (χ1) is 18.3. The minimum absolute atomic E-state index is 0.0197. The monoisotopic (exact) mass is 545 g/mol. The fourth-order valence-corrected chi connectivity index (χ4v) is 5.78. The number of aryl methyl sites for hydroxylation is 1. The van der Waals surface area contributed by atoms with E-state index in [1.165, 1.54) is 11.1 Å². The molecule has 0 saturated carbocycles. The van der Waals surface area contributed by atoms with E-state index < -0.39 is 0 Å². The minimum atomic E-state index is -0.0901. The number of aromatic nitrogens is 2. The summed E-state index contributed by atoms with van der Waals surface area (Å²) in [4.78, 5) is 25.9. The van der Waals surface area contributed by atoms with Crippen LogP contribution in [0.2, 0.25) is 10.0 Å². The van der Waals surface area contributed by atoms with Gasteiger partial charge < -0.3 is 14.3 Å². The number of hydrogen-bond donors (Lipinski definition) is 0. The molecule has 2 aromatic heterocycles. The van der Waals surface area contributed by atoms with Gasteiger partial charge in [0.15, 0.2) is 0 Å². The van der Waals surface area contributed by atoms with Gasteiger partial charge in [0.05, 0.1) is 17.2 Å². The van der Waals surface area contributed by atoms with Crippen LogP contribution in [-0.2, 0) is 7.05 Å². The summed E-state index contributed by atoms with van der Waals surface area (Å²) in [5.74, 6) is 0.321. The third-order valence-electron chi connectivity index (χ3n) is 7.54. The summed E-state index contributed by atoms with van der Waals surface area (Å²) >= 11 is 12.5. The molecular weight excluding hydrogens is 517 g/mol. The van der Waals surface area contributed by atoms with E-state index in [1.807, 2.05) is 30.3 Å². The Morgan fingerprint density at radius 1 is 1.00 bits per heavy atom. The van der Waals surface area contributed by atoms with Crippen molar-refractivity contribution in [2.45, 2.75) is 38.4 Å². The summed E-state index contributed by atoms with van der Waals surface area (Å²) in [7, 11) is 1.74. The van der Waals surface area contributed by atoms with E-state index in [-0.39, 0.29) is 23.7 Å². The van der Waals surface area contributed by atoms with Gasteiger partial charge >= 0.3 is 0 Å². The van der Waals surface area contributed by atoms with Gasteiger partial charge in [0.25, 0.3) is 11.4 Å². The zero-order chi connectivity index (χ0) is 27.0. The van der Waals surface area contributed by atoms with E-state index in [0.29, 0.717) is 21.4 Å². The number of fused-ring (bicyclic) bond motifs is 1. The molecule has 4 aromatic rings. The van der Waals surface area contributed by atoms with Crippen LogP contribution >= 0.6 is 23.2 Å². The van der Waals surface area contributed by atoms with Gasteiger partial charge in [0, 0.05) is 48.3 Å². The highest BCUT2D eigenvalue weighted by molar-refractivity contribution is 6.30. The molecule has 194 valence electrons. The molecule has 0 radical (unpaired) electrons. The average molecular weight is 547 g/mol. The molecule has 6 nitrogen and oxygen atoms in total. The van der Waals surface area contributed by atoms with Crippen LogP contribution < -0.4 is 10.5 Å². The molecule has 2 atom stereocenters. The quantitative estimate of drug-likeness (QED) is 0.257. The Morgan fingerprint density at radius 3 is 2.16 bits per heavy atom. The predicted molar refractivity (Wildman–Crippen MR) is 156 cm³/mol. The Balaban J connectivity index is 1.58. The fraction of sp³-hybridized carbons (Fsp3) is 0.300. The van der Waals surface area contributed by atoms with Gasteiger partial charge in [0.1, 0.15) is 0 Å². The molecule has 0 aliphatic carbocycles. The van der Waals surface area contributed by atoms with E-state index in [9.17, 15) is 4.79 Å². The molecule has 0 N–H and O–H groups in total. The number of hydrogen-bond acceptors (Lipinski definition) is 4. The van der Waals surface area contributed by atoms with Crippen LogP contribution in [0.3, 0.4) is 0 Å². The van der Waals surface area contributed by atoms with Crippen molar-refractivity contribution in [2.75, 3.05) is 18.0 Å². The summed E-state index contributed by atoms with van der Waals surface area (Å²) in [5.41, 5.74) is 4.43. The van der Waals surface area contributed by atoms with Gasteiger partial charge in [0.2, 0.25) is 5.52 Å². The van der Waals surface area contributed by atoms with E-state index in [2.05, 4.69) is 57.7 Å². The zero-order valence-electron chi connectivity index (χ0n) is 21.6. The number of anilines is 1. The van der Waals surface area contributed by atoms with Gasteiger partial charge in [-0.3, -0.25) is 9.69 Å². The van der Waals surface area contributed by atoms with Crippen molar-refractivity contribution in [3.05, 3.63) is 110 Å². The lowest BCUT2D eigenvalue weighted by molar-refractivity contribution is 0.116. The Morgan fingerprint density at radius 2 is 1.61 bits per heavy atom. The number of nitrogens with zero attached hydrogens (tertiary/aromatic N) is 5. The normalized spacial score (nSPS) is 18.2. The van der Waals surface area contributed by atoms with E-state index >= 15 is 0 Å². The molecule has 0 bridgehead atoms. The molecule has 3 heterocycles. The van der Waals surface area contributed by atoms with Crippen LogP contribution in [0.5, 0.6) is 0 Å². The first kappa shape index (κ1) is 26.2. The highest BCUT2D eigenvalue weighted by Crippen LogP contribution is 2.37. The average Bonchev–Trinajstić information content (AvgIpc) is 2.93. The van der Waals surface area contributed by atoms with Crippen LogP contribution in [0.1, 0.15) is 37.4 Å². The first-order valence-corrected chi connectivity index (χ1v) is 13.5. The Labute approximate surface area is 232 Å². The smallest absolute Gasteiger partial charge is 0.270 e. The maximum absolute atomic E-state index is 12.9. The largest absolute Gasteiger partial charge is 0.362 e. The maximum atomic E-state index is 12.9. The lowest BCUT2D eigenvalue weighted by atomic mass is 9.92. The molecule has 0 unspecified atom stereocenters. The molecule has 1 aliphatic heterocycles.